The quantitative estimate of drug-likeness (QED) is 0.692. The molecule has 4 nitrogen and oxygen atoms in total. The van der Waals surface area contributed by atoms with E-state index in [1.54, 1.807) is 4.68 Å². The third-order valence-corrected chi connectivity index (χ3v) is 4.27. The van der Waals surface area contributed by atoms with Gasteiger partial charge in [0.05, 0.1) is 10.7 Å². The number of anilines is 1. The minimum Gasteiger partial charge on any atom is -0.382 e. The zero-order valence-electron chi connectivity index (χ0n) is 12.2. The monoisotopic (exact) mass is 386 g/mol. The van der Waals surface area contributed by atoms with E-state index in [-0.39, 0.29) is 5.82 Å². The van der Waals surface area contributed by atoms with Crippen LogP contribution in [0.3, 0.4) is 0 Å². The van der Waals surface area contributed by atoms with Crippen molar-refractivity contribution >= 4 is 33.3 Å². The molecule has 0 amide bonds. The van der Waals surface area contributed by atoms with Gasteiger partial charge in [0.25, 0.3) is 0 Å². The highest BCUT2D eigenvalue weighted by molar-refractivity contribution is 9.10. The smallest absolute Gasteiger partial charge is 0.145 e. The molecular weight excluding hydrogens is 376 g/mol. The predicted octanol–water partition coefficient (Wildman–Crippen LogP) is 4.72. The standard InChI is InChI=1S/C17H12BrClN4/c1-10-5-6-13(15(19)7-10)16-14(9-20)17(21)23(22-16)12-4-2-3-11(18)8-12/h2-8H,21H2,1H3. The Labute approximate surface area is 147 Å². The third-order valence-electron chi connectivity index (χ3n) is 3.47. The number of nitrogens with two attached hydrogens (primary N) is 1. The molecule has 23 heavy (non-hydrogen) atoms. The first kappa shape index (κ1) is 15.6. The van der Waals surface area contributed by atoms with E-state index in [1.165, 1.54) is 0 Å². The SMILES string of the molecule is Cc1ccc(-c2nn(-c3cccc(Br)c3)c(N)c2C#N)c(Cl)c1. The van der Waals surface area contributed by atoms with Crippen LogP contribution in [0.4, 0.5) is 5.82 Å². The number of nitriles is 1. The van der Waals surface area contributed by atoms with E-state index in [0.717, 1.165) is 15.7 Å². The summed E-state index contributed by atoms with van der Waals surface area (Å²) in [5.41, 5.74) is 9.42. The van der Waals surface area contributed by atoms with E-state index >= 15 is 0 Å². The van der Waals surface area contributed by atoms with Gasteiger partial charge in [-0.15, -0.1) is 0 Å². The van der Waals surface area contributed by atoms with Crippen molar-refractivity contribution in [2.75, 3.05) is 5.73 Å². The Morgan fingerprint density at radius 2 is 2.04 bits per heavy atom. The van der Waals surface area contributed by atoms with Gasteiger partial charge >= 0.3 is 0 Å². The lowest BCUT2D eigenvalue weighted by Crippen LogP contribution is -2.02. The molecule has 0 radical (unpaired) electrons. The lowest BCUT2D eigenvalue weighted by molar-refractivity contribution is 0.894. The number of benzene rings is 2. The summed E-state index contributed by atoms with van der Waals surface area (Å²) >= 11 is 9.74. The number of halogens is 2. The van der Waals surface area contributed by atoms with E-state index in [2.05, 4.69) is 27.1 Å². The van der Waals surface area contributed by atoms with Crippen LogP contribution in [0, 0.1) is 18.3 Å². The molecule has 0 bridgehead atoms. The van der Waals surface area contributed by atoms with Crippen LogP contribution in [-0.2, 0) is 0 Å². The average Bonchev–Trinajstić information content (AvgIpc) is 2.84. The molecule has 1 aromatic heterocycles. The molecule has 0 unspecified atom stereocenters. The van der Waals surface area contributed by atoms with Gasteiger partial charge in [0.2, 0.25) is 0 Å². The van der Waals surface area contributed by atoms with Crippen molar-refractivity contribution < 1.29 is 0 Å². The second-order valence-corrected chi connectivity index (χ2v) is 6.42. The van der Waals surface area contributed by atoms with Crippen molar-refractivity contribution in [3.05, 3.63) is 63.1 Å². The Morgan fingerprint density at radius 3 is 2.70 bits per heavy atom. The topological polar surface area (TPSA) is 67.6 Å². The summed E-state index contributed by atoms with van der Waals surface area (Å²) in [4.78, 5) is 0. The van der Waals surface area contributed by atoms with Gasteiger partial charge in [-0.1, -0.05) is 45.7 Å². The first-order valence-corrected chi connectivity index (χ1v) is 7.99. The van der Waals surface area contributed by atoms with Crippen LogP contribution < -0.4 is 5.73 Å². The summed E-state index contributed by atoms with van der Waals surface area (Å²) in [7, 11) is 0. The molecule has 6 heteroatoms. The fraction of sp³-hybridized carbons (Fsp3) is 0.0588. The summed E-state index contributed by atoms with van der Waals surface area (Å²) in [6.45, 7) is 1.95. The number of hydrogen-bond acceptors (Lipinski definition) is 3. The Bertz CT molecular complexity index is 940. The highest BCUT2D eigenvalue weighted by atomic mass is 79.9. The summed E-state index contributed by atoms with van der Waals surface area (Å²) in [6.07, 6.45) is 0. The fourth-order valence-electron chi connectivity index (χ4n) is 2.35. The van der Waals surface area contributed by atoms with Crippen LogP contribution in [0.5, 0.6) is 0 Å². The maximum Gasteiger partial charge on any atom is 0.145 e. The minimum atomic E-state index is 0.289. The first-order chi connectivity index (χ1) is 11.0. The highest BCUT2D eigenvalue weighted by Crippen LogP contribution is 2.33. The van der Waals surface area contributed by atoms with Gasteiger partial charge in [-0.05, 0) is 36.8 Å². The van der Waals surface area contributed by atoms with Crippen LogP contribution in [0.25, 0.3) is 16.9 Å². The second kappa shape index (κ2) is 6.07. The number of aromatic nitrogens is 2. The normalized spacial score (nSPS) is 10.5. The number of nitrogens with zero attached hydrogens (tertiary/aromatic N) is 3. The Morgan fingerprint density at radius 1 is 1.26 bits per heavy atom. The molecule has 0 spiro atoms. The first-order valence-electron chi connectivity index (χ1n) is 6.82. The second-order valence-electron chi connectivity index (χ2n) is 5.10. The molecule has 0 saturated carbocycles. The van der Waals surface area contributed by atoms with Crippen molar-refractivity contribution in [2.24, 2.45) is 0 Å². The van der Waals surface area contributed by atoms with Crippen molar-refractivity contribution in [1.82, 2.24) is 9.78 Å². The molecule has 1 heterocycles. The van der Waals surface area contributed by atoms with E-state index in [1.807, 2.05) is 49.4 Å². The van der Waals surface area contributed by atoms with Gasteiger partial charge in [0, 0.05) is 10.0 Å². The van der Waals surface area contributed by atoms with Gasteiger partial charge in [0.1, 0.15) is 23.1 Å². The lowest BCUT2D eigenvalue weighted by Gasteiger charge is -2.04. The van der Waals surface area contributed by atoms with Gasteiger partial charge in [-0.2, -0.15) is 10.4 Å². The van der Waals surface area contributed by atoms with Gasteiger partial charge < -0.3 is 5.73 Å². The van der Waals surface area contributed by atoms with Crippen LogP contribution in [0.2, 0.25) is 5.02 Å². The van der Waals surface area contributed by atoms with Crippen LogP contribution >= 0.6 is 27.5 Å². The maximum absolute atomic E-state index is 9.49. The van der Waals surface area contributed by atoms with E-state index < -0.39 is 0 Å². The van der Waals surface area contributed by atoms with Gasteiger partial charge in [-0.3, -0.25) is 0 Å². The zero-order valence-corrected chi connectivity index (χ0v) is 14.6. The minimum absolute atomic E-state index is 0.289. The third kappa shape index (κ3) is 2.83. The van der Waals surface area contributed by atoms with Crippen LogP contribution in [-0.4, -0.2) is 9.78 Å². The van der Waals surface area contributed by atoms with Crippen molar-refractivity contribution in [2.45, 2.75) is 6.92 Å². The van der Waals surface area contributed by atoms with E-state index in [0.29, 0.717) is 21.8 Å². The molecule has 0 aliphatic carbocycles. The predicted molar refractivity (Wildman–Crippen MR) is 95.6 cm³/mol. The summed E-state index contributed by atoms with van der Waals surface area (Å²) in [5, 5.41) is 14.5. The number of nitrogen functional groups attached to an aromatic ring is 1. The maximum atomic E-state index is 9.49. The van der Waals surface area contributed by atoms with Crippen molar-refractivity contribution in [1.29, 1.82) is 5.26 Å². The number of rotatable bonds is 2. The zero-order chi connectivity index (χ0) is 16.6. The summed E-state index contributed by atoms with van der Waals surface area (Å²) in [5.74, 6) is 0.289. The Hall–Kier alpha value is -2.29. The number of hydrogen-bond donors (Lipinski definition) is 1. The Balaban J connectivity index is 2.24. The molecule has 0 fully saturated rings. The molecule has 2 aromatic carbocycles. The highest BCUT2D eigenvalue weighted by Gasteiger charge is 2.20. The van der Waals surface area contributed by atoms with Crippen molar-refractivity contribution in [3.63, 3.8) is 0 Å². The molecule has 0 aliphatic heterocycles. The molecule has 0 saturated heterocycles. The van der Waals surface area contributed by atoms with Gasteiger partial charge in [-0.25, -0.2) is 4.68 Å². The summed E-state index contributed by atoms with van der Waals surface area (Å²) in [6, 6.07) is 15.3. The summed E-state index contributed by atoms with van der Waals surface area (Å²) < 4.78 is 2.45. The molecular formula is C17H12BrClN4. The Kier molecular flexibility index (Phi) is 4.12. The molecule has 3 rings (SSSR count). The molecule has 2 N–H and O–H groups in total. The van der Waals surface area contributed by atoms with E-state index in [9.17, 15) is 5.26 Å². The van der Waals surface area contributed by atoms with Crippen LogP contribution in [0.1, 0.15) is 11.1 Å². The molecule has 114 valence electrons. The molecule has 3 aromatic rings. The number of aryl methyl sites for hydroxylation is 1. The van der Waals surface area contributed by atoms with E-state index in [4.69, 9.17) is 17.3 Å². The molecule has 0 aliphatic rings. The largest absolute Gasteiger partial charge is 0.382 e. The lowest BCUT2D eigenvalue weighted by atomic mass is 10.1. The molecule has 0 atom stereocenters. The van der Waals surface area contributed by atoms with Gasteiger partial charge in [0.15, 0.2) is 0 Å². The van der Waals surface area contributed by atoms with Crippen LogP contribution in [0.15, 0.2) is 46.9 Å². The van der Waals surface area contributed by atoms with Crippen molar-refractivity contribution in [3.8, 4) is 23.0 Å². The fourth-order valence-corrected chi connectivity index (χ4v) is 3.06. The average molecular weight is 388 g/mol.